The highest BCUT2D eigenvalue weighted by atomic mass is 19.1. The first-order valence-electron chi connectivity index (χ1n) is 6.59. The van der Waals surface area contributed by atoms with Crippen LogP contribution >= 0.6 is 0 Å². The summed E-state index contributed by atoms with van der Waals surface area (Å²) < 4.78 is 33.4. The van der Waals surface area contributed by atoms with Crippen molar-refractivity contribution in [1.82, 2.24) is 5.32 Å². The number of hydrogen-bond donors (Lipinski definition) is 1. The van der Waals surface area contributed by atoms with Gasteiger partial charge in [0, 0.05) is 13.1 Å². The van der Waals surface area contributed by atoms with Gasteiger partial charge < -0.3 is 15.0 Å². The van der Waals surface area contributed by atoms with Crippen molar-refractivity contribution in [2.45, 2.75) is 13.0 Å². The molecular formula is C14H15F2N3O2. The smallest absolute Gasteiger partial charge is 0.245 e. The van der Waals surface area contributed by atoms with E-state index < -0.39 is 17.7 Å². The maximum Gasteiger partial charge on any atom is 0.245 e. The third-order valence-corrected chi connectivity index (χ3v) is 3.22. The van der Waals surface area contributed by atoms with Crippen molar-refractivity contribution in [2.75, 3.05) is 31.2 Å². The maximum atomic E-state index is 14.1. The lowest BCUT2D eigenvalue weighted by molar-refractivity contribution is -0.124. The van der Waals surface area contributed by atoms with Gasteiger partial charge in [-0.1, -0.05) is 0 Å². The van der Waals surface area contributed by atoms with Gasteiger partial charge in [-0.25, -0.2) is 8.78 Å². The van der Waals surface area contributed by atoms with Gasteiger partial charge >= 0.3 is 0 Å². The van der Waals surface area contributed by atoms with Gasteiger partial charge in [-0.15, -0.1) is 0 Å². The van der Waals surface area contributed by atoms with Crippen molar-refractivity contribution < 1.29 is 18.3 Å². The molecule has 0 bridgehead atoms. The van der Waals surface area contributed by atoms with E-state index in [2.05, 4.69) is 5.32 Å². The number of nitrogens with one attached hydrogen (secondary N) is 1. The van der Waals surface area contributed by atoms with Crippen LogP contribution in [0.15, 0.2) is 12.1 Å². The van der Waals surface area contributed by atoms with E-state index in [4.69, 9.17) is 10.00 Å². The summed E-state index contributed by atoms with van der Waals surface area (Å²) in [4.78, 5) is 13.3. The Bertz CT molecular complexity index is 563. The number of nitriles is 1. The number of anilines is 1. The van der Waals surface area contributed by atoms with E-state index in [0.29, 0.717) is 6.54 Å². The number of rotatable bonds is 3. The highest BCUT2D eigenvalue weighted by molar-refractivity contribution is 5.85. The zero-order valence-corrected chi connectivity index (χ0v) is 11.5. The Morgan fingerprint density at radius 2 is 2.19 bits per heavy atom. The largest absolute Gasteiger partial charge is 0.377 e. The molecule has 0 aromatic heterocycles. The van der Waals surface area contributed by atoms with Crippen LogP contribution in [0, 0.1) is 23.0 Å². The molecule has 1 amide bonds. The van der Waals surface area contributed by atoms with Gasteiger partial charge in [0.25, 0.3) is 0 Å². The van der Waals surface area contributed by atoms with E-state index in [-0.39, 0.29) is 36.9 Å². The fraction of sp³-hybridized carbons (Fsp3) is 0.429. The van der Waals surface area contributed by atoms with Crippen LogP contribution in [0.4, 0.5) is 14.5 Å². The molecule has 2 rings (SSSR count). The van der Waals surface area contributed by atoms with Gasteiger partial charge in [0.15, 0.2) is 11.6 Å². The second-order valence-electron chi connectivity index (χ2n) is 4.58. The van der Waals surface area contributed by atoms with Gasteiger partial charge in [-0.3, -0.25) is 4.79 Å². The first kappa shape index (κ1) is 15.2. The average Bonchev–Trinajstić information content (AvgIpc) is 2.47. The minimum atomic E-state index is -0.859. The first-order chi connectivity index (χ1) is 10.1. The Balaban J connectivity index is 2.38. The lowest BCUT2D eigenvalue weighted by atomic mass is 10.1. The van der Waals surface area contributed by atoms with Gasteiger partial charge in [0.05, 0.1) is 24.8 Å². The van der Waals surface area contributed by atoms with Gasteiger partial charge in [0.2, 0.25) is 5.91 Å². The molecule has 1 fully saturated rings. The Hall–Kier alpha value is -2.20. The van der Waals surface area contributed by atoms with Crippen LogP contribution in [-0.2, 0) is 9.53 Å². The summed E-state index contributed by atoms with van der Waals surface area (Å²) in [5, 5.41) is 11.3. The normalized spacial score (nSPS) is 18.2. The van der Waals surface area contributed by atoms with Crippen LogP contribution in [0.2, 0.25) is 0 Å². The van der Waals surface area contributed by atoms with E-state index in [1.54, 1.807) is 13.0 Å². The molecule has 1 heterocycles. The van der Waals surface area contributed by atoms with Crippen molar-refractivity contribution >= 4 is 11.6 Å². The second-order valence-corrected chi connectivity index (χ2v) is 4.58. The number of nitrogens with zero attached hydrogens (tertiary/aromatic N) is 2. The van der Waals surface area contributed by atoms with Crippen LogP contribution in [0.5, 0.6) is 0 Å². The molecule has 0 spiro atoms. The van der Waals surface area contributed by atoms with Crippen LogP contribution in [0.3, 0.4) is 0 Å². The van der Waals surface area contributed by atoms with Crippen LogP contribution in [-0.4, -0.2) is 38.3 Å². The number of ether oxygens (including phenoxy) is 1. The molecule has 1 aliphatic heterocycles. The summed E-state index contributed by atoms with van der Waals surface area (Å²) in [6.07, 6.45) is 0. The number of hydrogen-bond acceptors (Lipinski definition) is 4. The molecule has 1 aromatic rings. The highest BCUT2D eigenvalue weighted by Gasteiger charge is 2.32. The Morgan fingerprint density at radius 3 is 2.76 bits per heavy atom. The van der Waals surface area contributed by atoms with E-state index in [1.807, 2.05) is 0 Å². The summed E-state index contributed by atoms with van der Waals surface area (Å²) in [6.45, 7) is 2.71. The monoisotopic (exact) mass is 295 g/mol. The molecule has 1 saturated heterocycles. The molecule has 0 aliphatic carbocycles. The van der Waals surface area contributed by atoms with Crippen LogP contribution in [0.1, 0.15) is 12.5 Å². The standard InChI is InChI=1S/C14H15F2N3O2/c1-2-18-14(20)12-8-21-4-3-19(12)13-10(15)5-9(7-17)6-11(13)16/h5-6,12H,2-4,8H2,1H3,(H,18,20). The lowest BCUT2D eigenvalue weighted by Crippen LogP contribution is -2.54. The summed E-state index contributed by atoms with van der Waals surface area (Å²) in [6, 6.07) is 2.82. The summed E-state index contributed by atoms with van der Waals surface area (Å²) in [5.41, 5.74) is -0.398. The summed E-state index contributed by atoms with van der Waals surface area (Å²) in [7, 11) is 0. The maximum absolute atomic E-state index is 14.1. The van der Waals surface area contributed by atoms with E-state index in [9.17, 15) is 13.6 Å². The van der Waals surface area contributed by atoms with Crippen molar-refractivity contribution in [3.8, 4) is 6.07 Å². The van der Waals surface area contributed by atoms with Gasteiger partial charge in [-0.05, 0) is 19.1 Å². The number of halogens is 2. The molecule has 5 nitrogen and oxygen atoms in total. The minimum absolute atomic E-state index is 0.0602. The van der Waals surface area contributed by atoms with E-state index >= 15 is 0 Å². The third kappa shape index (κ3) is 3.11. The number of morpholine rings is 1. The quantitative estimate of drug-likeness (QED) is 0.909. The Labute approximate surface area is 121 Å². The summed E-state index contributed by atoms with van der Waals surface area (Å²) in [5.74, 6) is -2.06. The molecule has 1 aliphatic rings. The fourth-order valence-electron chi connectivity index (χ4n) is 2.29. The van der Waals surface area contributed by atoms with Gasteiger partial charge in [-0.2, -0.15) is 5.26 Å². The molecule has 0 radical (unpaired) electrons. The third-order valence-electron chi connectivity index (χ3n) is 3.22. The van der Waals surface area contributed by atoms with Crippen molar-refractivity contribution in [3.05, 3.63) is 29.3 Å². The molecule has 21 heavy (non-hydrogen) atoms. The average molecular weight is 295 g/mol. The molecular weight excluding hydrogens is 280 g/mol. The topological polar surface area (TPSA) is 65.4 Å². The van der Waals surface area contributed by atoms with E-state index in [1.165, 1.54) is 4.90 Å². The number of carbonyl (C=O) groups excluding carboxylic acids is 1. The lowest BCUT2D eigenvalue weighted by Gasteiger charge is -2.36. The fourth-order valence-corrected chi connectivity index (χ4v) is 2.29. The predicted octanol–water partition coefficient (Wildman–Crippen LogP) is 1.18. The van der Waals surface area contributed by atoms with Gasteiger partial charge in [0.1, 0.15) is 11.7 Å². The first-order valence-corrected chi connectivity index (χ1v) is 6.59. The number of carbonyl (C=O) groups is 1. The molecule has 1 N–H and O–H groups in total. The number of likely N-dealkylation sites (N-methyl/N-ethyl adjacent to an activating group) is 1. The Kier molecular flexibility index (Phi) is 4.70. The second kappa shape index (κ2) is 6.50. The summed E-state index contributed by atoms with van der Waals surface area (Å²) >= 11 is 0. The number of amides is 1. The zero-order chi connectivity index (χ0) is 15.4. The van der Waals surface area contributed by atoms with Crippen molar-refractivity contribution in [1.29, 1.82) is 5.26 Å². The predicted molar refractivity (Wildman–Crippen MR) is 71.7 cm³/mol. The minimum Gasteiger partial charge on any atom is -0.377 e. The molecule has 1 unspecified atom stereocenters. The molecule has 1 atom stereocenters. The molecule has 1 aromatic carbocycles. The van der Waals surface area contributed by atoms with Crippen LogP contribution in [0.25, 0.3) is 0 Å². The molecule has 0 saturated carbocycles. The SMILES string of the molecule is CCNC(=O)C1COCCN1c1c(F)cc(C#N)cc1F. The Morgan fingerprint density at radius 1 is 1.52 bits per heavy atom. The van der Waals surface area contributed by atoms with Crippen LogP contribution < -0.4 is 10.2 Å². The highest BCUT2D eigenvalue weighted by Crippen LogP contribution is 2.28. The van der Waals surface area contributed by atoms with Crippen molar-refractivity contribution in [2.24, 2.45) is 0 Å². The zero-order valence-electron chi connectivity index (χ0n) is 11.5. The molecule has 7 heteroatoms. The van der Waals surface area contributed by atoms with Crippen molar-refractivity contribution in [3.63, 3.8) is 0 Å². The molecule has 112 valence electrons. The van der Waals surface area contributed by atoms with E-state index in [0.717, 1.165) is 12.1 Å². The number of benzene rings is 1.